The minimum atomic E-state index is -1.08. The van der Waals surface area contributed by atoms with Crippen LogP contribution >= 0.6 is 34.2 Å². The van der Waals surface area contributed by atoms with Gasteiger partial charge in [-0.2, -0.15) is 0 Å². The molecule has 1 rings (SSSR count). The monoisotopic (exact) mass is 311 g/mol. The topological polar surface area (TPSA) is 63.3 Å². The van der Waals surface area contributed by atoms with E-state index in [9.17, 15) is 4.79 Å². The van der Waals surface area contributed by atoms with Crippen LogP contribution in [0.1, 0.15) is 11.6 Å². The number of rotatable bonds is 2. The van der Waals surface area contributed by atoms with Crippen LogP contribution in [0.4, 0.5) is 0 Å². The van der Waals surface area contributed by atoms with E-state index in [2.05, 4.69) is 22.6 Å². The Kier molecular flexibility index (Phi) is 3.52. The fraction of sp³-hybridized carbons (Fsp3) is 0.125. The number of aliphatic carboxylic acids is 1. The molecule has 3 nitrogen and oxygen atoms in total. The summed E-state index contributed by atoms with van der Waals surface area (Å²) in [4.78, 5) is 10.6. The molecule has 1 aromatic rings. The molecule has 0 fully saturated rings. The van der Waals surface area contributed by atoms with Crippen LogP contribution in [-0.4, -0.2) is 11.1 Å². The average Bonchev–Trinajstić information content (AvgIpc) is 2.03. The maximum Gasteiger partial charge on any atom is 0.325 e. The second kappa shape index (κ2) is 4.26. The van der Waals surface area contributed by atoms with Gasteiger partial charge >= 0.3 is 5.97 Å². The zero-order valence-corrected chi connectivity index (χ0v) is 9.41. The third-order valence-electron chi connectivity index (χ3n) is 1.56. The molecule has 0 heterocycles. The minimum Gasteiger partial charge on any atom is -0.480 e. The van der Waals surface area contributed by atoms with Crippen LogP contribution in [0.2, 0.25) is 5.02 Å². The second-order valence-electron chi connectivity index (χ2n) is 2.48. The van der Waals surface area contributed by atoms with Crippen LogP contribution < -0.4 is 5.73 Å². The Morgan fingerprint density at radius 2 is 2.23 bits per heavy atom. The second-order valence-corrected chi connectivity index (χ2v) is 4.13. The van der Waals surface area contributed by atoms with Crippen molar-refractivity contribution in [3.8, 4) is 0 Å². The van der Waals surface area contributed by atoms with Crippen LogP contribution in [0, 0.1) is 3.57 Å². The van der Waals surface area contributed by atoms with E-state index in [1.165, 1.54) is 0 Å². The van der Waals surface area contributed by atoms with E-state index in [0.29, 0.717) is 10.6 Å². The maximum absolute atomic E-state index is 10.6. The molecule has 13 heavy (non-hydrogen) atoms. The number of carbonyl (C=O) groups is 1. The lowest BCUT2D eigenvalue weighted by atomic mass is 10.1. The Morgan fingerprint density at radius 3 is 2.69 bits per heavy atom. The van der Waals surface area contributed by atoms with Crippen LogP contribution in [0.15, 0.2) is 18.2 Å². The van der Waals surface area contributed by atoms with E-state index in [0.717, 1.165) is 3.57 Å². The predicted octanol–water partition coefficient (Wildman–Crippen LogP) is 2.03. The molecule has 0 saturated carbocycles. The largest absolute Gasteiger partial charge is 0.480 e. The van der Waals surface area contributed by atoms with Crippen LogP contribution in [0.5, 0.6) is 0 Å². The highest BCUT2D eigenvalue weighted by molar-refractivity contribution is 14.1. The first-order valence-electron chi connectivity index (χ1n) is 3.45. The van der Waals surface area contributed by atoms with Gasteiger partial charge in [-0.3, -0.25) is 4.79 Å². The minimum absolute atomic E-state index is 0.391. The molecule has 0 aliphatic rings. The molecule has 0 unspecified atom stereocenters. The quantitative estimate of drug-likeness (QED) is 0.822. The van der Waals surface area contributed by atoms with Crippen LogP contribution in [0.25, 0.3) is 0 Å². The summed E-state index contributed by atoms with van der Waals surface area (Å²) in [5, 5.41) is 9.03. The van der Waals surface area contributed by atoms with E-state index >= 15 is 0 Å². The molecule has 0 saturated heterocycles. The molecule has 0 aromatic heterocycles. The van der Waals surface area contributed by atoms with Gasteiger partial charge in [-0.25, -0.2) is 0 Å². The van der Waals surface area contributed by atoms with Crippen LogP contribution in [-0.2, 0) is 4.79 Å². The first-order valence-corrected chi connectivity index (χ1v) is 4.91. The molecule has 0 spiro atoms. The van der Waals surface area contributed by atoms with Crippen molar-refractivity contribution in [2.24, 2.45) is 5.73 Å². The molecule has 3 N–H and O–H groups in total. The smallest absolute Gasteiger partial charge is 0.325 e. The van der Waals surface area contributed by atoms with Crippen LogP contribution in [0.3, 0.4) is 0 Å². The number of nitrogens with two attached hydrogens (primary N) is 1. The highest BCUT2D eigenvalue weighted by Crippen LogP contribution is 2.23. The lowest BCUT2D eigenvalue weighted by Gasteiger charge is -2.08. The van der Waals surface area contributed by atoms with Gasteiger partial charge in [-0.05, 0) is 40.3 Å². The lowest BCUT2D eigenvalue weighted by molar-refractivity contribution is -0.138. The average molecular weight is 312 g/mol. The van der Waals surface area contributed by atoms with Crippen molar-refractivity contribution in [3.63, 3.8) is 0 Å². The fourth-order valence-electron chi connectivity index (χ4n) is 0.887. The summed E-state index contributed by atoms with van der Waals surface area (Å²) in [6.45, 7) is 0. The molecule has 5 heteroatoms. The molecule has 1 aromatic carbocycles. The van der Waals surface area contributed by atoms with Crippen molar-refractivity contribution in [2.75, 3.05) is 0 Å². The van der Waals surface area contributed by atoms with Gasteiger partial charge in [0.05, 0.1) is 0 Å². The van der Waals surface area contributed by atoms with E-state index in [-0.39, 0.29) is 0 Å². The van der Waals surface area contributed by atoms with Gasteiger partial charge in [0.15, 0.2) is 0 Å². The van der Waals surface area contributed by atoms with E-state index in [4.69, 9.17) is 22.4 Å². The van der Waals surface area contributed by atoms with Gasteiger partial charge in [0.1, 0.15) is 6.04 Å². The van der Waals surface area contributed by atoms with Crippen molar-refractivity contribution >= 4 is 40.2 Å². The summed E-state index contributed by atoms with van der Waals surface area (Å²) in [6, 6.07) is 4.03. The predicted molar refractivity (Wildman–Crippen MR) is 58.7 cm³/mol. The highest BCUT2D eigenvalue weighted by Gasteiger charge is 2.16. The van der Waals surface area contributed by atoms with Gasteiger partial charge in [-0.1, -0.05) is 17.7 Å². The van der Waals surface area contributed by atoms with Gasteiger partial charge < -0.3 is 10.8 Å². The number of benzene rings is 1. The van der Waals surface area contributed by atoms with E-state index in [1.54, 1.807) is 18.2 Å². The number of carboxylic acid groups (broad SMARTS) is 1. The summed E-state index contributed by atoms with van der Waals surface area (Å²) in [5.74, 6) is -1.08. The molecule has 1 atom stereocenters. The molecule has 0 aliphatic heterocycles. The first-order chi connectivity index (χ1) is 6.02. The molecule has 0 radical (unpaired) electrons. The highest BCUT2D eigenvalue weighted by atomic mass is 127. The maximum atomic E-state index is 10.6. The zero-order valence-electron chi connectivity index (χ0n) is 6.50. The standard InChI is InChI=1S/C8H7ClINO2/c9-6-3-4(10)1-2-5(6)7(11)8(12)13/h1-3,7H,11H2,(H,12,13)/t7-/m1/s1. The summed E-state index contributed by atoms with van der Waals surface area (Å²) in [6.07, 6.45) is 0. The Bertz CT molecular complexity index is 343. The zero-order chi connectivity index (χ0) is 10.0. The lowest BCUT2D eigenvalue weighted by Crippen LogP contribution is -2.20. The van der Waals surface area contributed by atoms with Gasteiger partial charge in [0.25, 0.3) is 0 Å². The van der Waals surface area contributed by atoms with Crippen molar-refractivity contribution in [3.05, 3.63) is 32.4 Å². The fourth-order valence-corrected chi connectivity index (χ4v) is 1.86. The number of carboxylic acids is 1. The van der Waals surface area contributed by atoms with Gasteiger partial charge in [0.2, 0.25) is 0 Å². The molecular formula is C8H7ClINO2. The number of halogens is 2. The Balaban J connectivity index is 3.08. The Labute approximate surface area is 94.0 Å². The van der Waals surface area contributed by atoms with Gasteiger partial charge in [-0.15, -0.1) is 0 Å². The Morgan fingerprint density at radius 1 is 1.62 bits per heavy atom. The summed E-state index contributed by atoms with van der Waals surface area (Å²) < 4.78 is 0.948. The SMILES string of the molecule is N[C@@H](C(=O)O)c1ccc(I)cc1Cl. The third kappa shape index (κ3) is 2.55. The van der Waals surface area contributed by atoms with Crippen molar-refractivity contribution in [1.29, 1.82) is 0 Å². The molecule has 0 amide bonds. The Hall–Kier alpha value is -0.330. The third-order valence-corrected chi connectivity index (χ3v) is 2.56. The molecular weight excluding hydrogens is 304 g/mol. The van der Waals surface area contributed by atoms with Crippen molar-refractivity contribution in [1.82, 2.24) is 0 Å². The number of hydrogen-bond acceptors (Lipinski definition) is 2. The number of hydrogen-bond donors (Lipinski definition) is 2. The van der Waals surface area contributed by atoms with E-state index < -0.39 is 12.0 Å². The summed E-state index contributed by atoms with van der Waals surface area (Å²) in [7, 11) is 0. The molecule has 70 valence electrons. The van der Waals surface area contributed by atoms with Crippen molar-refractivity contribution < 1.29 is 9.90 Å². The van der Waals surface area contributed by atoms with E-state index in [1.807, 2.05) is 0 Å². The molecule has 0 aliphatic carbocycles. The van der Waals surface area contributed by atoms with Crippen molar-refractivity contribution in [2.45, 2.75) is 6.04 Å². The molecule has 0 bridgehead atoms. The summed E-state index contributed by atoms with van der Waals surface area (Å²) >= 11 is 7.91. The normalized spacial score (nSPS) is 12.5. The van der Waals surface area contributed by atoms with Gasteiger partial charge in [0, 0.05) is 8.59 Å². The first kappa shape index (κ1) is 10.7. The summed E-state index contributed by atoms with van der Waals surface area (Å²) in [5.41, 5.74) is 5.84.